The molecule has 5 nitrogen and oxygen atoms in total. The Hall–Kier alpha value is -3.47. The molecule has 0 radical (unpaired) electrons. The number of nitrogens with zero attached hydrogens (tertiary/aromatic N) is 5. The van der Waals surface area contributed by atoms with E-state index in [1.165, 1.54) is 11.1 Å². The molecule has 2 aliphatic rings. The Labute approximate surface area is 177 Å². The van der Waals surface area contributed by atoms with Gasteiger partial charge in [0.15, 0.2) is 0 Å². The smallest absolute Gasteiger partial charge is 0.138 e. The van der Waals surface area contributed by atoms with E-state index in [2.05, 4.69) is 69.5 Å². The Kier molecular flexibility index (Phi) is 5.25. The van der Waals surface area contributed by atoms with Crippen molar-refractivity contribution in [1.29, 1.82) is 0 Å². The number of anilines is 1. The molecule has 2 aliphatic heterocycles. The summed E-state index contributed by atoms with van der Waals surface area (Å²) in [5.74, 6) is 2.06. The van der Waals surface area contributed by atoms with Crippen LogP contribution in [0.15, 0.2) is 84.3 Å². The summed E-state index contributed by atoms with van der Waals surface area (Å²) in [6.45, 7) is 2.57. The molecule has 3 aromatic rings. The van der Waals surface area contributed by atoms with Gasteiger partial charge >= 0.3 is 0 Å². The van der Waals surface area contributed by atoms with E-state index >= 15 is 0 Å². The van der Waals surface area contributed by atoms with Crippen molar-refractivity contribution in [1.82, 2.24) is 14.9 Å². The first-order chi connectivity index (χ1) is 14.9. The van der Waals surface area contributed by atoms with Gasteiger partial charge < -0.3 is 9.80 Å². The fraction of sp³-hybridized carbons (Fsp3) is 0.240. The molecule has 0 atom stereocenters. The van der Waals surface area contributed by atoms with Crippen molar-refractivity contribution in [3.05, 3.63) is 90.4 Å². The van der Waals surface area contributed by atoms with Crippen LogP contribution in [0.1, 0.15) is 17.5 Å². The number of pyridine rings is 2. The van der Waals surface area contributed by atoms with E-state index < -0.39 is 0 Å². The number of rotatable bonds is 4. The first-order valence-corrected chi connectivity index (χ1v) is 10.6. The van der Waals surface area contributed by atoms with Crippen LogP contribution in [0, 0.1) is 0 Å². The first-order valence-electron chi connectivity index (χ1n) is 10.6. The van der Waals surface area contributed by atoms with Gasteiger partial charge in [-0.15, -0.1) is 0 Å². The van der Waals surface area contributed by atoms with Crippen molar-refractivity contribution in [3.8, 4) is 11.3 Å². The minimum absolute atomic E-state index is 0.677. The number of benzene rings is 1. The quantitative estimate of drug-likeness (QED) is 0.660. The molecule has 0 aliphatic carbocycles. The number of hydrogen-bond acceptors (Lipinski definition) is 5. The third-order valence-corrected chi connectivity index (χ3v) is 5.64. The van der Waals surface area contributed by atoms with E-state index in [0.29, 0.717) is 6.67 Å². The van der Waals surface area contributed by atoms with E-state index in [9.17, 15) is 0 Å². The van der Waals surface area contributed by atoms with Crippen LogP contribution in [-0.4, -0.2) is 40.5 Å². The molecule has 4 heterocycles. The maximum Gasteiger partial charge on any atom is 0.138 e. The number of amidine groups is 1. The molecule has 0 saturated carbocycles. The summed E-state index contributed by atoms with van der Waals surface area (Å²) in [5, 5.41) is 0. The number of aromatic nitrogens is 2. The fourth-order valence-electron chi connectivity index (χ4n) is 4.01. The van der Waals surface area contributed by atoms with E-state index in [-0.39, 0.29) is 0 Å². The Balaban J connectivity index is 1.31. The molecule has 2 aromatic heterocycles. The molecule has 0 spiro atoms. The zero-order valence-corrected chi connectivity index (χ0v) is 17.0. The Bertz CT molecular complexity index is 1060. The Morgan fingerprint density at radius 2 is 1.90 bits per heavy atom. The van der Waals surface area contributed by atoms with Crippen molar-refractivity contribution >= 4 is 11.7 Å². The SMILES string of the molecule is C1=CN(CCc2cccnc2)CN=C1N1CCCc2ccc(-c3ccccc3)nc21. The average Bonchev–Trinajstić information content (AvgIpc) is 2.84. The molecule has 0 unspecified atom stereocenters. The second-order valence-electron chi connectivity index (χ2n) is 7.70. The molecule has 1 aromatic carbocycles. The van der Waals surface area contributed by atoms with Gasteiger partial charge in [0.2, 0.25) is 0 Å². The lowest BCUT2D eigenvalue weighted by atomic mass is 10.0. The highest BCUT2D eigenvalue weighted by Gasteiger charge is 2.23. The molecule has 0 saturated heterocycles. The number of aryl methyl sites for hydroxylation is 1. The van der Waals surface area contributed by atoms with Crippen LogP contribution in [0.5, 0.6) is 0 Å². The molecular formula is C25H25N5. The highest BCUT2D eigenvalue weighted by atomic mass is 15.3. The second-order valence-corrected chi connectivity index (χ2v) is 7.70. The van der Waals surface area contributed by atoms with Crippen molar-refractivity contribution < 1.29 is 0 Å². The maximum absolute atomic E-state index is 5.03. The van der Waals surface area contributed by atoms with Crippen molar-refractivity contribution in [3.63, 3.8) is 0 Å². The minimum atomic E-state index is 0.677. The van der Waals surface area contributed by atoms with Crippen LogP contribution in [0.3, 0.4) is 0 Å². The zero-order chi connectivity index (χ0) is 20.2. The summed E-state index contributed by atoms with van der Waals surface area (Å²) in [6, 6.07) is 18.8. The monoisotopic (exact) mass is 395 g/mol. The van der Waals surface area contributed by atoms with Crippen LogP contribution >= 0.6 is 0 Å². The molecule has 30 heavy (non-hydrogen) atoms. The van der Waals surface area contributed by atoms with Gasteiger partial charge in [-0.25, -0.2) is 9.98 Å². The molecule has 0 amide bonds. The second kappa shape index (κ2) is 8.49. The van der Waals surface area contributed by atoms with Gasteiger partial charge in [0, 0.05) is 37.2 Å². The molecule has 5 heteroatoms. The summed E-state index contributed by atoms with van der Waals surface area (Å²) in [4.78, 5) is 18.6. The highest BCUT2D eigenvalue weighted by molar-refractivity contribution is 6.06. The zero-order valence-electron chi connectivity index (χ0n) is 17.0. The Morgan fingerprint density at radius 3 is 2.70 bits per heavy atom. The van der Waals surface area contributed by atoms with Crippen molar-refractivity contribution in [2.24, 2.45) is 4.99 Å². The summed E-state index contributed by atoms with van der Waals surface area (Å²) in [7, 11) is 0. The van der Waals surface area contributed by atoms with Crippen LogP contribution in [0.4, 0.5) is 5.82 Å². The highest BCUT2D eigenvalue weighted by Crippen LogP contribution is 2.29. The predicted octanol–water partition coefficient (Wildman–Crippen LogP) is 4.32. The van der Waals surface area contributed by atoms with Gasteiger partial charge in [0.05, 0.1) is 5.69 Å². The van der Waals surface area contributed by atoms with Crippen molar-refractivity contribution in [2.45, 2.75) is 19.3 Å². The number of fused-ring (bicyclic) bond motifs is 1. The predicted molar refractivity (Wildman–Crippen MR) is 121 cm³/mol. The van der Waals surface area contributed by atoms with Crippen LogP contribution < -0.4 is 4.90 Å². The largest absolute Gasteiger partial charge is 0.358 e. The Morgan fingerprint density at radius 1 is 0.967 bits per heavy atom. The van der Waals surface area contributed by atoms with Gasteiger partial charge in [-0.1, -0.05) is 42.5 Å². The minimum Gasteiger partial charge on any atom is -0.358 e. The van der Waals surface area contributed by atoms with Gasteiger partial charge in [0.25, 0.3) is 0 Å². The average molecular weight is 396 g/mol. The summed E-state index contributed by atoms with van der Waals surface area (Å²) < 4.78 is 0. The van der Waals surface area contributed by atoms with Gasteiger partial charge in [-0.2, -0.15) is 0 Å². The summed E-state index contributed by atoms with van der Waals surface area (Å²) in [5.41, 5.74) is 4.72. The van der Waals surface area contributed by atoms with Crippen LogP contribution in [0.2, 0.25) is 0 Å². The lowest BCUT2D eigenvalue weighted by Gasteiger charge is -2.32. The third kappa shape index (κ3) is 3.96. The van der Waals surface area contributed by atoms with Gasteiger partial charge in [-0.3, -0.25) is 4.98 Å². The molecule has 0 N–H and O–H groups in total. The lowest BCUT2D eigenvalue weighted by molar-refractivity contribution is 0.388. The molecule has 5 rings (SSSR count). The first kappa shape index (κ1) is 18.6. The van der Waals surface area contributed by atoms with E-state index in [0.717, 1.165) is 55.3 Å². The van der Waals surface area contributed by atoms with Crippen molar-refractivity contribution in [2.75, 3.05) is 24.7 Å². The normalized spacial score (nSPS) is 15.7. The maximum atomic E-state index is 5.03. The molecule has 0 fully saturated rings. The summed E-state index contributed by atoms with van der Waals surface area (Å²) in [6.07, 6.45) is 11.2. The molecular weight excluding hydrogens is 370 g/mol. The lowest BCUT2D eigenvalue weighted by Crippen LogP contribution is -2.38. The molecule has 0 bridgehead atoms. The standard InChI is InChI=1S/C25H25N5/c1-2-7-21(8-3-1)23-11-10-22-9-5-15-30(25(22)28-23)24-13-17-29(19-27-24)16-12-20-6-4-14-26-18-20/h1-4,6-8,10-11,13-14,17-18H,5,9,12,15-16,19H2. The van der Waals surface area contributed by atoms with Gasteiger partial charge in [-0.05, 0) is 48.6 Å². The van der Waals surface area contributed by atoms with E-state index in [1.54, 1.807) is 0 Å². The molecule has 150 valence electrons. The van der Waals surface area contributed by atoms with E-state index in [1.807, 2.05) is 24.5 Å². The third-order valence-electron chi connectivity index (χ3n) is 5.64. The number of hydrogen-bond donors (Lipinski definition) is 0. The van der Waals surface area contributed by atoms with Gasteiger partial charge in [0.1, 0.15) is 18.3 Å². The topological polar surface area (TPSA) is 44.6 Å². The number of aliphatic imine (C=N–C) groups is 1. The fourth-order valence-corrected chi connectivity index (χ4v) is 4.01. The summed E-state index contributed by atoms with van der Waals surface area (Å²) >= 11 is 0. The van der Waals surface area contributed by atoms with Crippen LogP contribution in [0.25, 0.3) is 11.3 Å². The van der Waals surface area contributed by atoms with E-state index in [4.69, 9.17) is 9.98 Å². The van der Waals surface area contributed by atoms with Crippen LogP contribution in [-0.2, 0) is 12.8 Å².